The Balaban J connectivity index is 1.66. The van der Waals surface area contributed by atoms with E-state index in [1.807, 2.05) is 36.4 Å². The molecule has 1 amide bonds. The van der Waals surface area contributed by atoms with Crippen molar-refractivity contribution in [3.8, 4) is 0 Å². The Bertz CT molecular complexity index is 924. The molecule has 0 unspecified atom stereocenters. The van der Waals surface area contributed by atoms with Crippen LogP contribution >= 0.6 is 11.6 Å². The maximum absolute atomic E-state index is 12.0. The minimum atomic E-state index is -1.14. The minimum Gasteiger partial charge on any atom is -0.480 e. The molecule has 0 saturated heterocycles. The van der Waals surface area contributed by atoms with Crippen molar-refractivity contribution < 1.29 is 19.4 Å². The average molecular weight is 373 g/mol. The van der Waals surface area contributed by atoms with E-state index in [-0.39, 0.29) is 13.0 Å². The quantitative estimate of drug-likeness (QED) is 0.614. The molecule has 3 rings (SSSR count). The van der Waals surface area contributed by atoms with Gasteiger partial charge in [0.15, 0.2) is 0 Å². The van der Waals surface area contributed by atoms with Gasteiger partial charge in [-0.25, -0.2) is 9.59 Å². The van der Waals surface area contributed by atoms with Crippen LogP contribution in [-0.2, 0) is 22.6 Å². The largest absolute Gasteiger partial charge is 0.480 e. The number of carbonyl (C=O) groups excluding carboxylic acids is 1. The van der Waals surface area contributed by atoms with E-state index in [2.05, 4.69) is 10.3 Å². The van der Waals surface area contributed by atoms with E-state index in [9.17, 15) is 14.7 Å². The number of aromatic amines is 1. The third-order valence-electron chi connectivity index (χ3n) is 3.96. The second-order valence-electron chi connectivity index (χ2n) is 5.80. The Kier molecular flexibility index (Phi) is 5.43. The van der Waals surface area contributed by atoms with Gasteiger partial charge in [-0.15, -0.1) is 0 Å². The molecule has 0 saturated carbocycles. The Labute approximate surface area is 154 Å². The molecule has 3 N–H and O–H groups in total. The van der Waals surface area contributed by atoms with Gasteiger partial charge < -0.3 is 20.1 Å². The number of rotatable bonds is 6. The Morgan fingerprint density at radius 2 is 1.96 bits per heavy atom. The number of amides is 1. The Morgan fingerprint density at radius 3 is 2.69 bits per heavy atom. The van der Waals surface area contributed by atoms with Gasteiger partial charge in [-0.3, -0.25) is 0 Å². The number of alkyl carbamates (subject to hydrolysis) is 1. The van der Waals surface area contributed by atoms with Crippen molar-refractivity contribution in [2.24, 2.45) is 0 Å². The number of aromatic nitrogens is 1. The van der Waals surface area contributed by atoms with Gasteiger partial charge in [0, 0.05) is 28.5 Å². The Morgan fingerprint density at radius 1 is 1.19 bits per heavy atom. The SMILES string of the molecule is O=C(N[C@H](Cc1c[nH]c2ccc(Cl)cc12)C(=O)O)OCc1ccccc1. The van der Waals surface area contributed by atoms with Crippen LogP contribution in [0.5, 0.6) is 0 Å². The van der Waals surface area contributed by atoms with Crippen molar-refractivity contribution >= 4 is 34.6 Å². The van der Waals surface area contributed by atoms with Crippen molar-refractivity contribution in [2.45, 2.75) is 19.1 Å². The first kappa shape index (κ1) is 17.8. The maximum atomic E-state index is 12.0. The van der Waals surface area contributed by atoms with Gasteiger partial charge >= 0.3 is 12.1 Å². The molecule has 1 heterocycles. The van der Waals surface area contributed by atoms with Crippen LogP contribution in [0.4, 0.5) is 4.79 Å². The lowest BCUT2D eigenvalue weighted by Gasteiger charge is -2.14. The second kappa shape index (κ2) is 7.93. The average Bonchev–Trinajstić information content (AvgIpc) is 3.02. The monoisotopic (exact) mass is 372 g/mol. The van der Waals surface area contributed by atoms with Crippen LogP contribution in [0.1, 0.15) is 11.1 Å². The van der Waals surface area contributed by atoms with E-state index < -0.39 is 18.1 Å². The number of hydrogen-bond acceptors (Lipinski definition) is 3. The molecule has 134 valence electrons. The molecule has 0 aliphatic rings. The van der Waals surface area contributed by atoms with Crippen LogP contribution in [0.3, 0.4) is 0 Å². The van der Waals surface area contributed by atoms with Crippen molar-refractivity contribution in [2.75, 3.05) is 0 Å². The van der Waals surface area contributed by atoms with E-state index >= 15 is 0 Å². The number of ether oxygens (including phenoxy) is 1. The number of carbonyl (C=O) groups is 2. The van der Waals surface area contributed by atoms with Gasteiger partial charge in [-0.05, 0) is 29.3 Å². The fraction of sp³-hybridized carbons (Fsp3) is 0.158. The highest BCUT2D eigenvalue weighted by Gasteiger charge is 2.22. The van der Waals surface area contributed by atoms with Crippen molar-refractivity contribution in [1.82, 2.24) is 10.3 Å². The van der Waals surface area contributed by atoms with Crippen LogP contribution in [0.25, 0.3) is 10.9 Å². The van der Waals surface area contributed by atoms with Crippen molar-refractivity contribution in [1.29, 1.82) is 0 Å². The molecule has 1 aromatic heterocycles. The molecule has 3 aromatic rings. The van der Waals surface area contributed by atoms with Gasteiger partial charge in [-0.2, -0.15) is 0 Å². The smallest absolute Gasteiger partial charge is 0.408 e. The van der Waals surface area contributed by atoms with E-state index in [0.717, 1.165) is 22.0 Å². The lowest BCUT2D eigenvalue weighted by molar-refractivity contribution is -0.139. The first-order chi connectivity index (χ1) is 12.5. The van der Waals surface area contributed by atoms with Crippen molar-refractivity contribution in [3.05, 3.63) is 70.9 Å². The molecule has 0 spiro atoms. The van der Waals surface area contributed by atoms with Crippen LogP contribution in [-0.4, -0.2) is 28.2 Å². The summed E-state index contributed by atoms with van der Waals surface area (Å²) in [7, 11) is 0. The summed E-state index contributed by atoms with van der Waals surface area (Å²) >= 11 is 6.01. The van der Waals surface area contributed by atoms with Gasteiger partial charge in [0.25, 0.3) is 0 Å². The first-order valence-corrected chi connectivity index (χ1v) is 8.36. The van der Waals surface area contributed by atoms with Gasteiger partial charge in [-0.1, -0.05) is 41.9 Å². The standard InChI is InChI=1S/C19H17ClN2O4/c20-14-6-7-16-15(9-14)13(10-21-16)8-17(18(23)24)22-19(25)26-11-12-4-2-1-3-5-12/h1-7,9-10,17,21H,8,11H2,(H,22,25)(H,23,24)/t17-/m1/s1. The molecule has 26 heavy (non-hydrogen) atoms. The molecule has 0 aliphatic carbocycles. The number of carboxylic acids is 1. The molecular formula is C19H17ClN2O4. The number of benzene rings is 2. The zero-order chi connectivity index (χ0) is 18.5. The molecule has 6 nitrogen and oxygen atoms in total. The fourth-order valence-corrected chi connectivity index (χ4v) is 2.82. The van der Waals surface area contributed by atoms with Crippen LogP contribution < -0.4 is 5.32 Å². The zero-order valence-corrected chi connectivity index (χ0v) is 14.5. The lowest BCUT2D eigenvalue weighted by atomic mass is 10.1. The number of aliphatic carboxylic acids is 1. The van der Waals surface area contributed by atoms with Gasteiger partial charge in [0.1, 0.15) is 12.6 Å². The summed E-state index contributed by atoms with van der Waals surface area (Å²) in [6, 6.07) is 13.4. The van der Waals surface area contributed by atoms with Crippen LogP contribution in [0.15, 0.2) is 54.7 Å². The molecule has 7 heteroatoms. The van der Waals surface area contributed by atoms with E-state index in [1.165, 1.54) is 0 Å². The predicted molar refractivity (Wildman–Crippen MR) is 98.2 cm³/mol. The molecular weight excluding hydrogens is 356 g/mol. The highest BCUT2D eigenvalue weighted by molar-refractivity contribution is 6.31. The third kappa shape index (κ3) is 4.34. The number of carboxylic acid groups (broad SMARTS) is 1. The molecule has 0 bridgehead atoms. The molecule has 0 fully saturated rings. The van der Waals surface area contributed by atoms with Crippen LogP contribution in [0, 0.1) is 0 Å². The fourth-order valence-electron chi connectivity index (χ4n) is 2.65. The molecule has 0 aliphatic heterocycles. The number of halogens is 1. The first-order valence-electron chi connectivity index (χ1n) is 7.98. The second-order valence-corrected chi connectivity index (χ2v) is 6.24. The number of fused-ring (bicyclic) bond motifs is 1. The summed E-state index contributed by atoms with van der Waals surface area (Å²) in [4.78, 5) is 26.5. The van der Waals surface area contributed by atoms with Gasteiger partial charge in [0.2, 0.25) is 0 Å². The summed E-state index contributed by atoms with van der Waals surface area (Å²) in [5.41, 5.74) is 2.42. The zero-order valence-electron chi connectivity index (χ0n) is 13.7. The third-order valence-corrected chi connectivity index (χ3v) is 4.19. The predicted octanol–water partition coefficient (Wildman–Crippen LogP) is 3.74. The highest BCUT2D eigenvalue weighted by atomic mass is 35.5. The summed E-state index contributed by atoms with van der Waals surface area (Å²) in [6.45, 7) is 0.0711. The lowest BCUT2D eigenvalue weighted by Crippen LogP contribution is -2.42. The van der Waals surface area contributed by atoms with Gasteiger partial charge in [0.05, 0.1) is 0 Å². The van der Waals surface area contributed by atoms with E-state index in [1.54, 1.807) is 18.3 Å². The number of H-pyrrole nitrogens is 1. The molecule has 1 atom stereocenters. The highest BCUT2D eigenvalue weighted by Crippen LogP contribution is 2.23. The van der Waals surface area contributed by atoms with Crippen molar-refractivity contribution in [3.63, 3.8) is 0 Å². The summed E-state index contributed by atoms with van der Waals surface area (Å²) in [5.74, 6) is -1.14. The summed E-state index contributed by atoms with van der Waals surface area (Å²) in [6.07, 6.45) is 1.04. The number of hydrogen-bond donors (Lipinski definition) is 3. The van der Waals surface area contributed by atoms with E-state index in [0.29, 0.717) is 5.02 Å². The normalized spacial score (nSPS) is 11.9. The summed E-state index contributed by atoms with van der Waals surface area (Å²) < 4.78 is 5.09. The van der Waals surface area contributed by atoms with Crippen LogP contribution in [0.2, 0.25) is 5.02 Å². The maximum Gasteiger partial charge on any atom is 0.408 e. The molecule has 2 aromatic carbocycles. The Hall–Kier alpha value is -2.99. The topological polar surface area (TPSA) is 91.4 Å². The summed E-state index contributed by atoms with van der Waals surface area (Å²) in [5, 5.41) is 13.2. The molecule has 0 radical (unpaired) electrons. The minimum absolute atomic E-state index is 0.0711. The van der Waals surface area contributed by atoms with E-state index in [4.69, 9.17) is 16.3 Å². The number of nitrogens with one attached hydrogen (secondary N) is 2.